The van der Waals surface area contributed by atoms with Gasteiger partial charge >= 0.3 is 6.03 Å². The smallest absolute Gasteiger partial charge is 0.325 e. The first-order valence-electron chi connectivity index (χ1n) is 9.92. The van der Waals surface area contributed by atoms with Crippen molar-refractivity contribution in [2.75, 3.05) is 30.4 Å². The zero-order valence-electron chi connectivity index (χ0n) is 17.8. The van der Waals surface area contributed by atoms with E-state index in [9.17, 15) is 14.0 Å². The summed E-state index contributed by atoms with van der Waals surface area (Å²) in [5.74, 6) is -0.673. The Morgan fingerprint density at radius 1 is 1.19 bits per heavy atom. The molecule has 0 atom stereocenters. The van der Waals surface area contributed by atoms with Gasteiger partial charge in [0.25, 0.3) is 5.91 Å². The van der Waals surface area contributed by atoms with Crippen LogP contribution < -0.4 is 15.5 Å². The van der Waals surface area contributed by atoms with E-state index in [1.54, 1.807) is 20.0 Å². The molecule has 3 heterocycles. The normalized spacial score (nSPS) is 15.1. The molecule has 9 nitrogen and oxygen atoms in total. The highest BCUT2D eigenvalue weighted by atomic mass is 32.1. The summed E-state index contributed by atoms with van der Waals surface area (Å²) in [5, 5.41) is 6.26. The Morgan fingerprint density at radius 2 is 1.94 bits per heavy atom. The van der Waals surface area contributed by atoms with Crippen LogP contribution in [0.4, 0.5) is 26.0 Å². The van der Waals surface area contributed by atoms with Crippen LogP contribution in [-0.4, -0.2) is 57.5 Å². The molecular formula is C21H22FN7O2S. The van der Waals surface area contributed by atoms with Crippen molar-refractivity contribution in [3.63, 3.8) is 0 Å². The van der Waals surface area contributed by atoms with Crippen LogP contribution in [0.25, 0.3) is 10.6 Å². The van der Waals surface area contributed by atoms with Crippen LogP contribution in [0.1, 0.15) is 13.8 Å². The van der Waals surface area contributed by atoms with Crippen LogP contribution in [-0.2, 0) is 4.79 Å². The van der Waals surface area contributed by atoms with Gasteiger partial charge in [-0.3, -0.25) is 9.69 Å². The summed E-state index contributed by atoms with van der Waals surface area (Å²) in [6, 6.07) is 9.28. The Kier molecular flexibility index (Phi) is 5.74. The number of imide groups is 1. The highest BCUT2D eigenvalue weighted by molar-refractivity contribution is 7.18. The lowest BCUT2D eigenvalue weighted by Crippen LogP contribution is -2.40. The molecule has 3 aromatic rings. The van der Waals surface area contributed by atoms with Crippen LogP contribution in [0.15, 0.2) is 42.7 Å². The number of thiazole rings is 1. The fraction of sp³-hybridized carbons (Fsp3) is 0.286. The van der Waals surface area contributed by atoms with Crippen molar-refractivity contribution in [2.45, 2.75) is 19.4 Å². The maximum atomic E-state index is 14.5. The molecule has 0 radical (unpaired) electrons. The van der Waals surface area contributed by atoms with Gasteiger partial charge in [0, 0.05) is 32.0 Å². The SMILES string of the molecule is CN(c1ccccc1)c1ncc(-c2nc(NCCN3C(=O)NC(C)(C)C3=O)ncc2F)s1. The number of carbonyl (C=O) groups excluding carboxylic acids is 2. The number of nitrogens with zero attached hydrogens (tertiary/aromatic N) is 5. The van der Waals surface area contributed by atoms with Crippen LogP contribution in [0, 0.1) is 5.82 Å². The first-order valence-corrected chi connectivity index (χ1v) is 10.7. The lowest BCUT2D eigenvalue weighted by Gasteiger charge is -2.16. The van der Waals surface area contributed by atoms with Crippen molar-refractivity contribution < 1.29 is 14.0 Å². The fourth-order valence-electron chi connectivity index (χ4n) is 3.22. The average Bonchev–Trinajstić information content (AvgIpc) is 3.33. The Labute approximate surface area is 188 Å². The third-order valence-corrected chi connectivity index (χ3v) is 6.04. The summed E-state index contributed by atoms with van der Waals surface area (Å²) in [7, 11) is 1.89. The third-order valence-electron chi connectivity index (χ3n) is 4.96. The number of halogens is 1. The first kappa shape index (κ1) is 21.6. The van der Waals surface area contributed by atoms with E-state index in [1.807, 2.05) is 42.3 Å². The number of rotatable bonds is 7. The Morgan fingerprint density at radius 3 is 2.62 bits per heavy atom. The van der Waals surface area contributed by atoms with Gasteiger partial charge in [0.2, 0.25) is 5.95 Å². The third kappa shape index (κ3) is 4.24. The van der Waals surface area contributed by atoms with Gasteiger partial charge in [-0.1, -0.05) is 29.5 Å². The minimum absolute atomic E-state index is 0.129. The number of hydrogen-bond acceptors (Lipinski definition) is 8. The first-order chi connectivity index (χ1) is 15.3. The molecule has 0 spiro atoms. The predicted octanol–water partition coefficient (Wildman–Crippen LogP) is 3.25. The number of aromatic nitrogens is 3. The molecule has 2 aromatic heterocycles. The van der Waals surface area contributed by atoms with E-state index in [1.165, 1.54) is 11.3 Å². The van der Waals surface area contributed by atoms with Crippen LogP contribution in [0.2, 0.25) is 0 Å². The second kappa shape index (κ2) is 8.50. The monoisotopic (exact) mass is 455 g/mol. The van der Waals surface area contributed by atoms with Crippen molar-refractivity contribution in [1.29, 1.82) is 0 Å². The second-order valence-electron chi connectivity index (χ2n) is 7.73. The molecule has 1 aliphatic heterocycles. The Hall–Kier alpha value is -3.60. The minimum Gasteiger partial charge on any atom is -0.352 e. The van der Waals surface area contributed by atoms with E-state index in [-0.39, 0.29) is 30.6 Å². The molecule has 0 saturated carbocycles. The van der Waals surface area contributed by atoms with Crippen molar-refractivity contribution in [2.24, 2.45) is 0 Å². The van der Waals surface area contributed by atoms with E-state index < -0.39 is 17.4 Å². The summed E-state index contributed by atoms with van der Waals surface area (Å²) in [6.45, 7) is 3.66. The summed E-state index contributed by atoms with van der Waals surface area (Å²) in [6.07, 6.45) is 2.66. The largest absolute Gasteiger partial charge is 0.352 e. The maximum absolute atomic E-state index is 14.5. The van der Waals surface area contributed by atoms with Crippen molar-refractivity contribution >= 4 is 40.0 Å². The number of para-hydroxylation sites is 1. The van der Waals surface area contributed by atoms with Crippen molar-refractivity contribution in [1.82, 2.24) is 25.2 Å². The highest BCUT2D eigenvalue weighted by Crippen LogP contribution is 2.34. The zero-order valence-corrected chi connectivity index (χ0v) is 18.6. The summed E-state index contributed by atoms with van der Waals surface area (Å²) < 4.78 is 14.5. The molecule has 32 heavy (non-hydrogen) atoms. The molecule has 2 N–H and O–H groups in total. The van der Waals surface area contributed by atoms with E-state index in [4.69, 9.17) is 0 Å². The van der Waals surface area contributed by atoms with Gasteiger partial charge < -0.3 is 15.5 Å². The van der Waals surface area contributed by atoms with E-state index in [2.05, 4.69) is 25.6 Å². The van der Waals surface area contributed by atoms with Gasteiger partial charge in [-0.15, -0.1) is 0 Å². The molecule has 1 aromatic carbocycles. The molecule has 1 saturated heterocycles. The van der Waals surface area contributed by atoms with Gasteiger partial charge in [-0.2, -0.15) is 0 Å². The van der Waals surface area contributed by atoms with E-state index in [0.717, 1.165) is 16.8 Å². The average molecular weight is 456 g/mol. The molecule has 0 aliphatic carbocycles. The molecule has 11 heteroatoms. The summed E-state index contributed by atoms with van der Waals surface area (Å²) in [4.78, 5) is 40.4. The molecule has 4 rings (SSSR count). The van der Waals surface area contributed by atoms with Gasteiger partial charge in [0.1, 0.15) is 11.2 Å². The number of carbonyl (C=O) groups is 2. The molecule has 3 amide bonds. The molecule has 1 aliphatic rings. The van der Waals surface area contributed by atoms with E-state index in [0.29, 0.717) is 10.0 Å². The Bertz CT molecular complexity index is 1150. The van der Waals surface area contributed by atoms with Crippen molar-refractivity contribution in [3.8, 4) is 10.6 Å². The zero-order chi connectivity index (χ0) is 22.9. The van der Waals surface area contributed by atoms with Gasteiger partial charge in [-0.05, 0) is 26.0 Å². The number of anilines is 3. The minimum atomic E-state index is -0.923. The summed E-state index contributed by atoms with van der Waals surface area (Å²) in [5.41, 5.74) is 0.166. The highest BCUT2D eigenvalue weighted by Gasteiger charge is 2.43. The molecule has 1 fully saturated rings. The van der Waals surface area contributed by atoms with Gasteiger partial charge in [0.15, 0.2) is 10.9 Å². The maximum Gasteiger partial charge on any atom is 0.325 e. The van der Waals surface area contributed by atoms with Crippen LogP contribution >= 0.6 is 11.3 Å². The summed E-state index contributed by atoms with van der Waals surface area (Å²) >= 11 is 1.31. The standard InChI is InChI=1S/C21H22FN7O2S/c1-21(2)17(30)29(19(31)27-21)10-9-23-18-24-11-14(22)16(26-18)15-12-25-20(32-15)28(3)13-7-5-4-6-8-13/h4-8,11-12H,9-10H2,1-3H3,(H,27,31)(H,23,24,26). The predicted molar refractivity (Wildman–Crippen MR) is 120 cm³/mol. The molecule has 166 valence electrons. The van der Waals surface area contributed by atoms with E-state index >= 15 is 0 Å². The lowest BCUT2D eigenvalue weighted by atomic mass is 10.1. The fourth-order valence-corrected chi connectivity index (χ4v) is 4.11. The number of urea groups is 1. The topological polar surface area (TPSA) is 103 Å². The van der Waals surface area contributed by atoms with Gasteiger partial charge in [-0.25, -0.2) is 24.1 Å². The number of hydrogen-bond donors (Lipinski definition) is 2. The van der Waals surface area contributed by atoms with Crippen molar-refractivity contribution in [3.05, 3.63) is 48.5 Å². The van der Waals surface area contributed by atoms with Crippen LogP contribution in [0.5, 0.6) is 0 Å². The quantitative estimate of drug-likeness (QED) is 0.527. The second-order valence-corrected chi connectivity index (χ2v) is 8.74. The van der Waals surface area contributed by atoms with Gasteiger partial charge in [0.05, 0.1) is 11.1 Å². The van der Waals surface area contributed by atoms with Crippen LogP contribution in [0.3, 0.4) is 0 Å². The molecule has 0 bridgehead atoms. The lowest BCUT2D eigenvalue weighted by molar-refractivity contribution is -0.130. The molecular weight excluding hydrogens is 433 g/mol. The number of nitrogens with one attached hydrogen (secondary N) is 2. The number of amides is 3. The molecule has 0 unspecified atom stereocenters. The number of benzene rings is 1. The Balaban J connectivity index is 1.45.